The highest BCUT2D eigenvalue weighted by molar-refractivity contribution is 6.45. The maximum absolute atomic E-state index is 11.3. The molecule has 0 heterocycles. The smallest absolute Gasteiger partial charge is 0.411 e. The lowest BCUT2D eigenvalue weighted by atomic mass is 10.2. The van der Waals surface area contributed by atoms with Crippen LogP contribution in [-0.2, 0) is 4.74 Å². The van der Waals surface area contributed by atoms with E-state index < -0.39 is 28.3 Å². The fraction of sp³-hybridized carbons (Fsp3) is 0.167. The number of rotatable bonds is 6. The van der Waals surface area contributed by atoms with Gasteiger partial charge in [0.1, 0.15) is 11.8 Å². The van der Waals surface area contributed by atoms with E-state index in [0.717, 1.165) is 6.07 Å². The monoisotopic (exact) mass is 319 g/mol. The first-order chi connectivity index (χ1) is 10.9. The fourth-order valence-electron chi connectivity index (χ4n) is 1.40. The molecule has 1 aromatic carbocycles. The molecule has 11 nitrogen and oxygen atoms in total. The molecule has 1 aromatic rings. The number of nitrogens with one attached hydrogen (secondary N) is 3. The van der Waals surface area contributed by atoms with Crippen LogP contribution < -0.4 is 16.5 Å². The van der Waals surface area contributed by atoms with Crippen molar-refractivity contribution in [3.8, 4) is 6.07 Å². The number of nitriles is 1. The Kier molecular flexibility index (Phi) is 5.99. The molecule has 0 fully saturated rings. The van der Waals surface area contributed by atoms with E-state index in [-0.39, 0.29) is 18.0 Å². The first-order valence-electron chi connectivity index (χ1n) is 6.19. The van der Waals surface area contributed by atoms with Crippen LogP contribution in [0.1, 0.15) is 6.92 Å². The molecule has 1 rings (SSSR count). The van der Waals surface area contributed by atoms with Crippen LogP contribution in [0.2, 0.25) is 0 Å². The molecule has 0 radical (unpaired) electrons. The van der Waals surface area contributed by atoms with E-state index in [1.54, 1.807) is 13.0 Å². The Morgan fingerprint density at radius 3 is 2.83 bits per heavy atom. The molecule has 0 aromatic heterocycles. The van der Waals surface area contributed by atoms with E-state index in [2.05, 4.69) is 20.6 Å². The second kappa shape index (κ2) is 7.93. The molecular formula is C12H13N7O4. The van der Waals surface area contributed by atoms with Crippen LogP contribution >= 0.6 is 0 Å². The summed E-state index contributed by atoms with van der Waals surface area (Å²) in [5.41, 5.74) is 6.69. The Hall–Kier alpha value is -3.68. The van der Waals surface area contributed by atoms with Crippen molar-refractivity contribution in [2.45, 2.75) is 6.92 Å². The zero-order valence-corrected chi connectivity index (χ0v) is 12.0. The number of carbonyl (C=O) groups excluding carboxylic acids is 1. The number of nitro groups is 1. The number of carbonyl (C=O) groups is 1. The van der Waals surface area contributed by atoms with E-state index in [9.17, 15) is 14.9 Å². The van der Waals surface area contributed by atoms with Crippen molar-refractivity contribution in [1.82, 2.24) is 0 Å². The zero-order chi connectivity index (χ0) is 17.4. The Labute approximate surface area is 130 Å². The van der Waals surface area contributed by atoms with E-state index in [1.165, 1.54) is 12.1 Å². The summed E-state index contributed by atoms with van der Waals surface area (Å²) in [6.07, 6.45) is -0.746. The molecule has 5 N–H and O–H groups in total. The number of anilines is 2. The van der Waals surface area contributed by atoms with Gasteiger partial charge in [-0.15, -0.1) is 0 Å². The number of nitrogens with zero attached hydrogens (tertiary/aromatic N) is 3. The largest absolute Gasteiger partial charge is 0.450 e. The van der Waals surface area contributed by atoms with Crippen LogP contribution in [0, 0.1) is 26.9 Å². The molecule has 0 aliphatic carbocycles. The second-order valence-electron chi connectivity index (χ2n) is 3.93. The van der Waals surface area contributed by atoms with Gasteiger partial charge >= 0.3 is 6.09 Å². The summed E-state index contributed by atoms with van der Waals surface area (Å²) in [6, 6.07) is 5.31. The number of benzene rings is 1. The van der Waals surface area contributed by atoms with Crippen LogP contribution in [0.15, 0.2) is 23.3 Å². The van der Waals surface area contributed by atoms with Crippen molar-refractivity contribution in [2.24, 2.45) is 10.8 Å². The molecule has 0 spiro atoms. The van der Waals surface area contributed by atoms with Crippen molar-refractivity contribution in [2.75, 3.05) is 17.3 Å². The lowest BCUT2D eigenvalue weighted by molar-refractivity contribution is -0.383. The van der Waals surface area contributed by atoms with Crippen molar-refractivity contribution in [1.29, 1.82) is 10.7 Å². The Morgan fingerprint density at radius 1 is 1.61 bits per heavy atom. The third-order valence-electron chi connectivity index (χ3n) is 2.37. The maximum atomic E-state index is 11.3. The van der Waals surface area contributed by atoms with Gasteiger partial charge in [0, 0.05) is 6.07 Å². The van der Waals surface area contributed by atoms with Gasteiger partial charge in [-0.05, 0) is 19.1 Å². The minimum Gasteiger partial charge on any atom is -0.450 e. The van der Waals surface area contributed by atoms with Gasteiger partial charge in [0.15, 0.2) is 5.84 Å². The highest BCUT2D eigenvalue weighted by atomic mass is 16.6. The molecule has 11 heteroatoms. The Morgan fingerprint density at radius 2 is 2.30 bits per heavy atom. The molecule has 0 bridgehead atoms. The number of hydrogen-bond donors (Lipinski definition) is 4. The third-order valence-corrected chi connectivity index (χ3v) is 2.37. The molecule has 0 atom stereocenters. The molecule has 0 unspecified atom stereocenters. The van der Waals surface area contributed by atoms with Gasteiger partial charge in [-0.1, -0.05) is 0 Å². The van der Waals surface area contributed by atoms with Gasteiger partial charge in [0.2, 0.25) is 5.71 Å². The summed E-state index contributed by atoms with van der Waals surface area (Å²) in [7, 11) is 0. The van der Waals surface area contributed by atoms with E-state index in [1.807, 2.05) is 0 Å². The number of hydrogen-bond acceptors (Lipinski definition) is 8. The minimum absolute atomic E-state index is 0.0431. The lowest BCUT2D eigenvalue weighted by Gasteiger charge is -2.07. The molecular weight excluding hydrogens is 306 g/mol. The van der Waals surface area contributed by atoms with Crippen LogP contribution in [-0.4, -0.2) is 29.2 Å². The average Bonchev–Trinajstić information content (AvgIpc) is 2.48. The van der Waals surface area contributed by atoms with Gasteiger partial charge in [0.05, 0.1) is 17.2 Å². The van der Waals surface area contributed by atoms with Crippen LogP contribution in [0.4, 0.5) is 21.9 Å². The highest BCUT2D eigenvalue weighted by Gasteiger charge is 2.16. The van der Waals surface area contributed by atoms with Crippen molar-refractivity contribution in [3.05, 3.63) is 28.3 Å². The molecule has 120 valence electrons. The van der Waals surface area contributed by atoms with Crippen LogP contribution in [0.3, 0.4) is 0 Å². The summed E-state index contributed by atoms with van der Waals surface area (Å²) >= 11 is 0. The Bertz CT molecular complexity index is 708. The standard InChI is InChI=1S/C12H13N7O4/c1-2-23-12(20)16-7-3-4-8(10(5-7)19(21)22)17-18-9(6-13)11(14)15/h3-5,17H,2H2,1H3,(H3,14,15)(H,16,20)/b18-9+. The SMILES string of the molecule is CCOC(=O)Nc1ccc(N/N=C(\C#N)C(=N)N)c([N+](=O)[O-])c1. The maximum Gasteiger partial charge on any atom is 0.411 e. The first-order valence-corrected chi connectivity index (χ1v) is 6.19. The van der Waals surface area contributed by atoms with Crippen LogP contribution in [0.25, 0.3) is 0 Å². The van der Waals surface area contributed by atoms with E-state index >= 15 is 0 Å². The third kappa shape index (κ3) is 4.97. The lowest BCUT2D eigenvalue weighted by Crippen LogP contribution is -2.22. The second-order valence-corrected chi connectivity index (χ2v) is 3.93. The van der Waals surface area contributed by atoms with E-state index in [0.29, 0.717) is 0 Å². The summed E-state index contributed by atoms with van der Waals surface area (Å²) < 4.78 is 4.67. The average molecular weight is 319 g/mol. The van der Waals surface area contributed by atoms with Crippen LogP contribution in [0.5, 0.6) is 0 Å². The molecule has 0 saturated carbocycles. The molecule has 1 amide bonds. The number of hydrazone groups is 1. The summed E-state index contributed by atoms with van der Waals surface area (Å²) in [6.45, 7) is 1.78. The topological polar surface area (TPSA) is 180 Å². The molecule has 0 aliphatic heterocycles. The minimum atomic E-state index is -0.746. The van der Waals surface area contributed by atoms with Gasteiger partial charge in [0.25, 0.3) is 5.69 Å². The quantitative estimate of drug-likeness (QED) is 0.264. The first kappa shape index (κ1) is 17.4. The van der Waals surface area contributed by atoms with E-state index in [4.69, 9.17) is 16.4 Å². The zero-order valence-electron chi connectivity index (χ0n) is 12.0. The number of nitrogens with two attached hydrogens (primary N) is 1. The summed E-state index contributed by atoms with van der Waals surface area (Å²) in [5, 5.41) is 32.7. The van der Waals surface area contributed by atoms with Gasteiger partial charge < -0.3 is 10.5 Å². The molecule has 23 heavy (non-hydrogen) atoms. The van der Waals surface area contributed by atoms with Crippen molar-refractivity contribution < 1.29 is 14.5 Å². The summed E-state index contributed by atoms with van der Waals surface area (Å²) in [4.78, 5) is 21.7. The predicted molar refractivity (Wildman–Crippen MR) is 82.3 cm³/mol. The summed E-state index contributed by atoms with van der Waals surface area (Å²) in [5.74, 6) is -0.580. The number of ether oxygens (including phenoxy) is 1. The normalized spacial score (nSPS) is 10.3. The molecule has 0 saturated heterocycles. The van der Waals surface area contributed by atoms with Gasteiger partial charge in [-0.3, -0.25) is 26.3 Å². The number of amidine groups is 1. The van der Waals surface area contributed by atoms with Crippen molar-refractivity contribution in [3.63, 3.8) is 0 Å². The number of nitro benzene ring substituents is 1. The van der Waals surface area contributed by atoms with Gasteiger partial charge in [-0.2, -0.15) is 10.4 Å². The van der Waals surface area contributed by atoms with Gasteiger partial charge in [-0.25, -0.2) is 4.79 Å². The van der Waals surface area contributed by atoms with Crippen molar-refractivity contribution >= 4 is 34.7 Å². The highest BCUT2D eigenvalue weighted by Crippen LogP contribution is 2.28. The fourth-order valence-corrected chi connectivity index (χ4v) is 1.40. The predicted octanol–water partition coefficient (Wildman–Crippen LogP) is 1.39. The molecule has 0 aliphatic rings. The number of amides is 1. The Balaban J connectivity index is 3.06.